The second-order valence-electron chi connectivity index (χ2n) is 5.11. The molecule has 3 aromatic rings. The van der Waals surface area contributed by atoms with Gasteiger partial charge in [-0.05, 0) is 19.1 Å². The number of rotatable bonds is 4. The van der Waals surface area contributed by atoms with Crippen LogP contribution in [0.25, 0.3) is 5.78 Å². The first-order valence-electron chi connectivity index (χ1n) is 7.00. The first-order valence-corrected chi connectivity index (χ1v) is 7.38. The maximum absolute atomic E-state index is 14.0. The van der Waals surface area contributed by atoms with Crippen LogP contribution in [0.3, 0.4) is 0 Å². The summed E-state index contributed by atoms with van der Waals surface area (Å²) in [7, 11) is 0. The van der Waals surface area contributed by atoms with Crippen LogP contribution in [0.15, 0.2) is 29.3 Å². The molecule has 23 heavy (non-hydrogen) atoms. The number of hydrogen-bond donors (Lipinski definition) is 1. The van der Waals surface area contributed by atoms with Crippen molar-refractivity contribution in [3.8, 4) is 0 Å². The number of benzene rings is 1. The van der Waals surface area contributed by atoms with Crippen molar-refractivity contribution >= 4 is 17.4 Å². The average Bonchev–Trinajstić information content (AvgIpc) is 2.90. The smallest absolute Gasteiger partial charge is 0.277 e. The molecule has 0 atom stereocenters. The number of hydrogen-bond acceptors (Lipinski definition) is 4. The van der Waals surface area contributed by atoms with Crippen LogP contribution in [0, 0.1) is 12.7 Å². The molecule has 2 heterocycles. The number of nitrogens with zero attached hydrogens (tertiary/aromatic N) is 4. The van der Waals surface area contributed by atoms with E-state index in [0.717, 1.165) is 0 Å². The molecule has 1 aromatic carbocycles. The second-order valence-corrected chi connectivity index (χ2v) is 5.52. The molecule has 0 bridgehead atoms. The zero-order valence-corrected chi connectivity index (χ0v) is 13.1. The van der Waals surface area contributed by atoms with Gasteiger partial charge in [0, 0.05) is 29.2 Å². The summed E-state index contributed by atoms with van der Waals surface area (Å²) in [6.45, 7) is 1.58. The van der Waals surface area contributed by atoms with E-state index in [2.05, 4.69) is 9.97 Å². The predicted octanol–water partition coefficient (Wildman–Crippen LogP) is 1.58. The molecule has 0 amide bonds. The summed E-state index contributed by atoms with van der Waals surface area (Å²) >= 11 is 6.03. The van der Waals surface area contributed by atoms with Crippen molar-refractivity contribution in [3.05, 3.63) is 62.5 Å². The van der Waals surface area contributed by atoms with Crippen molar-refractivity contribution in [2.24, 2.45) is 0 Å². The Kier molecular flexibility index (Phi) is 4.14. The molecule has 0 radical (unpaired) electrons. The molecule has 0 aliphatic rings. The molecular weight excluding hydrogens is 323 g/mol. The summed E-state index contributed by atoms with van der Waals surface area (Å²) in [5.74, 6) is -0.232. The van der Waals surface area contributed by atoms with Gasteiger partial charge in [0.2, 0.25) is 0 Å². The van der Waals surface area contributed by atoms with E-state index in [9.17, 15) is 9.18 Å². The Bertz CT molecular complexity index is 915. The first kappa shape index (κ1) is 15.6. The van der Waals surface area contributed by atoms with E-state index in [1.165, 1.54) is 27.7 Å². The Morgan fingerprint density at radius 2 is 2.13 bits per heavy atom. The van der Waals surface area contributed by atoms with Crippen molar-refractivity contribution < 1.29 is 9.50 Å². The van der Waals surface area contributed by atoms with Gasteiger partial charge in [0.25, 0.3) is 11.3 Å². The molecule has 8 heteroatoms. The third-order valence-electron chi connectivity index (χ3n) is 3.65. The molecule has 0 saturated carbocycles. The van der Waals surface area contributed by atoms with Crippen LogP contribution in [0.5, 0.6) is 0 Å². The van der Waals surface area contributed by atoms with Crippen molar-refractivity contribution in [2.75, 3.05) is 6.61 Å². The highest BCUT2D eigenvalue weighted by molar-refractivity contribution is 6.31. The van der Waals surface area contributed by atoms with Gasteiger partial charge in [-0.3, -0.25) is 9.48 Å². The zero-order chi connectivity index (χ0) is 16.6. The number of aryl methyl sites for hydroxylation is 1. The van der Waals surface area contributed by atoms with Gasteiger partial charge in [-0.2, -0.15) is 9.50 Å². The summed E-state index contributed by atoms with van der Waals surface area (Å²) in [6, 6.07) is 4.41. The Hall–Kier alpha value is -2.25. The lowest BCUT2D eigenvalue weighted by molar-refractivity contribution is 0.298. The minimum absolute atomic E-state index is 0.0468. The summed E-state index contributed by atoms with van der Waals surface area (Å²) in [5, 5.41) is 9.38. The highest BCUT2D eigenvalue weighted by atomic mass is 35.5. The lowest BCUT2D eigenvalue weighted by Gasteiger charge is -2.10. The van der Waals surface area contributed by atoms with Crippen molar-refractivity contribution in [1.29, 1.82) is 0 Å². The number of aliphatic hydroxyl groups is 1. The summed E-state index contributed by atoms with van der Waals surface area (Å²) in [4.78, 5) is 20.9. The van der Waals surface area contributed by atoms with Gasteiger partial charge in [-0.1, -0.05) is 17.7 Å². The molecule has 3 rings (SSSR count). The molecule has 0 unspecified atom stereocenters. The summed E-state index contributed by atoms with van der Waals surface area (Å²) < 4.78 is 16.7. The quantitative estimate of drug-likeness (QED) is 0.785. The van der Waals surface area contributed by atoms with Gasteiger partial charge in [0.15, 0.2) is 0 Å². The predicted molar refractivity (Wildman–Crippen MR) is 83.3 cm³/mol. The minimum atomic E-state index is -0.456. The van der Waals surface area contributed by atoms with E-state index >= 15 is 0 Å². The van der Waals surface area contributed by atoms with Crippen LogP contribution >= 0.6 is 11.6 Å². The molecule has 0 spiro atoms. The van der Waals surface area contributed by atoms with Gasteiger partial charge in [0.1, 0.15) is 12.1 Å². The van der Waals surface area contributed by atoms with E-state index in [-0.39, 0.29) is 41.5 Å². The van der Waals surface area contributed by atoms with Gasteiger partial charge >= 0.3 is 0 Å². The van der Waals surface area contributed by atoms with E-state index in [0.29, 0.717) is 11.3 Å². The number of halogens is 2. The lowest BCUT2D eigenvalue weighted by Crippen LogP contribution is -2.27. The molecular formula is C15H14ClFN4O2. The van der Waals surface area contributed by atoms with Gasteiger partial charge in [0.05, 0.1) is 12.2 Å². The van der Waals surface area contributed by atoms with Crippen LogP contribution in [0.2, 0.25) is 5.02 Å². The van der Waals surface area contributed by atoms with Crippen molar-refractivity contribution in [2.45, 2.75) is 19.9 Å². The molecule has 0 aliphatic carbocycles. The van der Waals surface area contributed by atoms with Crippen LogP contribution in [-0.4, -0.2) is 30.9 Å². The fourth-order valence-electron chi connectivity index (χ4n) is 2.48. The van der Waals surface area contributed by atoms with Gasteiger partial charge in [-0.15, -0.1) is 0 Å². The number of aromatic nitrogens is 4. The third-order valence-corrected chi connectivity index (χ3v) is 4.01. The lowest BCUT2D eigenvalue weighted by atomic mass is 10.2. The van der Waals surface area contributed by atoms with Crippen LogP contribution in [-0.2, 0) is 13.0 Å². The van der Waals surface area contributed by atoms with Crippen LogP contribution < -0.4 is 5.56 Å². The zero-order valence-electron chi connectivity index (χ0n) is 12.3. The molecule has 0 aliphatic heterocycles. The van der Waals surface area contributed by atoms with Crippen molar-refractivity contribution in [3.63, 3.8) is 0 Å². The minimum Gasteiger partial charge on any atom is -0.396 e. The Morgan fingerprint density at radius 1 is 1.35 bits per heavy atom. The van der Waals surface area contributed by atoms with E-state index in [1.807, 2.05) is 0 Å². The average molecular weight is 337 g/mol. The maximum Gasteiger partial charge on any atom is 0.277 e. The molecule has 6 nitrogen and oxygen atoms in total. The molecule has 1 N–H and O–H groups in total. The SMILES string of the molecule is Cc1nc2ncn(Cc3c(F)cccc3Cl)n2c(=O)c1CCO. The van der Waals surface area contributed by atoms with E-state index in [1.54, 1.807) is 13.0 Å². The highest BCUT2D eigenvalue weighted by Gasteiger charge is 2.15. The third kappa shape index (κ3) is 2.73. The normalized spacial score (nSPS) is 11.3. The highest BCUT2D eigenvalue weighted by Crippen LogP contribution is 2.20. The van der Waals surface area contributed by atoms with Crippen LogP contribution in [0.1, 0.15) is 16.8 Å². The molecule has 120 valence electrons. The topological polar surface area (TPSA) is 72.4 Å². The van der Waals surface area contributed by atoms with Gasteiger partial charge < -0.3 is 5.11 Å². The first-order chi connectivity index (χ1) is 11.0. The fraction of sp³-hybridized carbons (Fsp3) is 0.267. The molecule has 0 saturated heterocycles. The maximum atomic E-state index is 14.0. The molecule has 0 fully saturated rings. The Balaban J connectivity index is 2.16. The Morgan fingerprint density at radius 3 is 2.83 bits per heavy atom. The van der Waals surface area contributed by atoms with Gasteiger partial charge in [-0.25, -0.2) is 9.37 Å². The molecule has 2 aromatic heterocycles. The fourth-order valence-corrected chi connectivity index (χ4v) is 2.70. The van der Waals surface area contributed by atoms with Crippen molar-refractivity contribution in [1.82, 2.24) is 19.2 Å². The summed E-state index contributed by atoms with van der Waals surface area (Å²) in [5.41, 5.74) is 0.876. The second kappa shape index (κ2) is 6.10. The van der Waals surface area contributed by atoms with E-state index < -0.39 is 5.82 Å². The number of aliphatic hydroxyl groups excluding tert-OH is 1. The van der Waals surface area contributed by atoms with E-state index in [4.69, 9.17) is 16.7 Å². The Labute approximate surface area is 135 Å². The van der Waals surface area contributed by atoms with Crippen LogP contribution in [0.4, 0.5) is 4.39 Å². The monoisotopic (exact) mass is 336 g/mol. The largest absolute Gasteiger partial charge is 0.396 e. The summed E-state index contributed by atoms with van der Waals surface area (Å²) in [6.07, 6.45) is 1.61. The standard InChI is InChI=1S/C15H14ClFN4O2/c1-9-10(5-6-22)14(23)21-15(19-9)18-8-20(21)7-11-12(16)3-2-4-13(11)17/h2-4,8,22H,5-7H2,1H3. The number of fused-ring (bicyclic) bond motifs is 1.